The van der Waals surface area contributed by atoms with Gasteiger partial charge in [-0.3, -0.25) is 9.69 Å². The number of carbonyl (C=O) groups is 1. The third-order valence-electron chi connectivity index (χ3n) is 6.26. The molecule has 1 amide bonds. The van der Waals surface area contributed by atoms with Gasteiger partial charge in [-0.15, -0.1) is 0 Å². The molecule has 0 aliphatic carbocycles. The third kappa shape index (κ3) is 3.35. The Balaban J connectivity index is 1.52. The number of aromatic nitrogens is 1. The first-order chi connectivity index (χ1) is 12.2. The molecule has 0 bridgehead atoms. The zero-order chi connectivity index (χ0) is 17.3. The smallest absolute Gasteiger partial charge is 0.227 e. The molecule has 1 aromatic rings. The van der Waals surface area contributed by atoms with Gasteiger partial charge in [-0.05, 0) is 25.0 Å². The van der Waals surface area contributed by atoms with Crippen LogP contribution in [0.1, 0.15) is 18.5 Å². The van der Waals surface area contributed by atoms with Crippen LogP contribution in [0.3, 0.4) is 0 Å². The van der Waals surface area contributed by atoms with Crippen molar-refractivity contribution in [1.29, 1.82) is 0 Å². The Morgan fingerprint density at radius 1 is 1.20 bits per heavy atom. The second kappa shape index (κ2) is 7.09. The standard InChI is InChI=1S/C19H29N3O3/c1-20-6-2-3-16(20)13-21-14-17(18(23)22-7-11-25-12-8-22)19(15-21)4-9-24-10-5-19/h2-3,6,17H,4-5,7-15H2,1H3/t17-/m1/s1. The van der Waals surface area contributed by atoms with Crippen LogP contribution in [0.15, 0.2) is 18.3 Å². The van der Waals surface area contributed by atoms with Crippen LogP contribution in [0.4, 0.5) is 0 Å². The summed E-state index contributed by atoms with van der Waals surface area (Å²) in [4.78, 5) is 17.8. The highest BCUT2D eigenvalue weighted by Crippen LogP contribution is 2.45. The fourth-order valence-electron chi connectivity index (χ4n) is 4.71. The van der Waals surface area contributed by atoms with Crippen LogP contribution in [0.25, 0.3) is 0 Å². The Morgan fingerprint density at radius 3 is 2.60 bits per heavy atom. The summed E-state index contributed by atoms with van der Waals surface area (Å²) >= 11 is 0. The van der Waals surface area contributed by atoms with E-state index in [1.165, 1.54) is 5.69 Å². The van der Waals surface area contributed by atoms with Crippen LogP contribution in [0, 0.1) is 11.3 Å². The maximum atomic E-state index is 13.3. The van der Waals surface area contributed by atoms with Gasteiger partial charge in [-0.2, -0.15) is 0 Å². The molecule has 4 rings (SSSR count). The molecule has 3 aliphatic rings. The van der Waals surface area contributed by atoms with E-state index in [1.807, 2.05) is 4.90 Å². The van der Waals surface area contributed by atoms with Gasteiger partial charge >= 0.3 is 0 Å². The van der Waals surface area contributed by atoms with E-state index in [9.17, 15) is 4.79 Å². The molecular formula is C19H29N3O3. The number of likely N-dealkylation sites (tertiary alicyclic amines) is 1. The van der Waals surface area contributed by atoms with E-state index in [2.05, 4.69) is 34.8 Å². The van der Waals surface area contributed by atoms with E-state index < -0.39 is 0 Å². The number of hydrogen-bond donors (Lipinski definition) is 0. The normalized spacial score (nSPS) is 27.1. The van der Waals surface area contributed by atoms with E-state index in [-0.39, 0.29) is 11.3 Å². The maximum Gasteiger partial charge on any atom is 0.227 e. The number of aryl methyl sites for hydroxylation is 1. The maximum absolute atomic E-state index is 13.3. The monoisotopic (exact) mass is 347 g/mol. The highest BCUT2D eigenvalue weighted by Gasteiger charge is 2.51. The molecule has 1 spiro atoms. The van der Waals surface area contributed by atoms with Crippen molar-refractivity contribution in [2.24, 2.45) is 18.4 Å². The molecule has 25 heavy (non-hydrogen) atoms. The molecule has 4 heterocycles. The summed E-state index contributed by atoms with van der Waals surface area (Å²) < 4.78 is 13.2. The summed E-state index contributed by atoms with van der Waals surface area (Å²) in [5, 5.41) is 0. The van der Waals surface area contributed by atoms with Gasteiger partial charge in [-0.1, -0.05) is 0 Å². The molecule has 138 valence electrons. The number of morpholine rings is 1. The van der Waals surface area contributed by atoms with Crippen LogP contribution in [-0.4, -0.2) is 72.9 Å². The highest BCUT2D eigenvalue weighted by molar-refractivity contribution is 5.80. The van der Waals surface area contributed by atoms with Crippen LogP contribution >= 0.6 is 0 Å². The van der Waals surface area contributed by atoms with Crippen molar-refractivity contribution in [3.05, 3.63) is 24.0 Å². The van der Waals surface area contributed by atoms with Gasteiger partial charge in [0.15, 0.2) is 0 Å². The Hall–Kier alpha value is -1.37. The molecule has 0 radical (unpaired) electrons. The van der Waals surface area contributed by atoms with E-state index in [0.29, 0.717) is 19.1 Å². The Kier molecular flexibility index (Phi) is 4.84. The molecule has 0 unspecified atom stereocenters. The zero-order valence-corrected chi connectivity index (χ0v) is 15.2. The summed E-state index contributed by atoms with van der Waals surface area (Å²) in [5.74, 6) is 0.425. The number of nitrogens with zero attached hydrogens (tertiary/aromatic N) is 3. The van der Waals surface area contributed by atoms with Gasteiger partial charge in [-0.25, -0.2) is 0 Å². The van der Waals surface area contributed by atoms with Gasteiger partial charge in [0, 0.05) is 70.3 Å². The highest BCUT2D eigenvalue weighted by atomic mass is 16.5. The van der Waals surface area contributed by atoms with Crippen molar-refractivity contribution in [1.82, 2.24) is 14.4 Å². The van der Waals surface area contributed by atoms with Crippen LogP contribution in [-0.2, 0) is 27.9 Å². The van der Waals surface area contributed by atoms with Crippen LogP contribution in [0.2, 0.25) is 0 Å². The van der Waals surface area contributed by atoms with Crippen LogP contribution in [0.5, 0.6) is 0 Å². The number of carbonyl (C=O) groups excluding carboxylic acids is 1. The summed E-state index contributed by atoms with van der Waals surface area (Å²) in [6, 6.07) is 4.26. The lowest BCUT2D eigenvalue weighted by Gasteiger charge is -2.40. The molecule has 3 aliphatic heterocycles. The van der Waals surface area contributed by atoms with Gasteiger partial charge in [0.05, 0.1) is 19.1 Å². The minimum absolute atomic E-state index is 0.0821. The molecule has 3 saturated heterocycles. The molecule has 1 aromatic heterocycles. The van der Waals surface area contributed by atoms with E-state index in [0.717, 1.165) is 58.8 Å². The van der Waals surface area contributed by atoms with E-state index in [1.54, 1.807) is 0 Å². The first-order valence-electron chi connectivity index (χ1n) is 9.45. The zero-order valence-electron chi connectivity index (χ0n) is 15.2. The summed E-state index contributed by atoms with van der Waals surface area (Å²) in [6.45, 7) is 7.15. The summed E-state index contributed by atoms with van der Waals surface area (Å²) in [7, 11) is 2.09. The van der Waals surface area contributed by atoms with Crippen molar-refractivity contribution in [3.8, 4) is 0 Å². The number of ether oxygens (including phenoxy) is 2. The Labute approximate surface area is 149 Å². The summed E-state index contributed by atoms with van der Waals surface area (Å²) in [6.07, 6.45) is 4.08. The topological polar surface area (TPSA) is 46.9 Å². The second-order valence-corrected chi connectivity index (χ2v) is 7.75. The molecule has 6 heteroatoms. The minimum atomic E-state index is 0.0821. The van der Waals surface area contributed by atoms with Crippen molar-refractivity contribution in [2.75, 3.05) is 52.6 Å². The van der Waals surface area contributed by atoms with Gasteiger partial charge in [0.2, 0.25) is 5.91 Å². The third-order valence-corrected chi connectivity index (χ3v) is 6.26. The summed E-state index contributed by atoms with van der Waals surface area (Å²) in [5.41, 5.74) is 1.39. The molecule has 1 atom stereocenters. The van der Waals surface area contributed by atoms with Crippen molar-refractivity contribution < 1.29 is 14.3 Å². The lowest BCUT2D eigenvalue weighted by atomic mass is 9.71. The minimum Gasteiger partial charge on any atom is -0.381 e. The number of rotatable bonds is 3. The Bertz CT molecular complexity index is 603. The van der Waals surface area contributed by atoms with E-state index in [4.69, 9.17) is 9.47 Å². The van der Waals surface area contributed by atoms with Gasteiger partial charge in [0.1, 0.15) is 0 Å². The van der Waals surface area contributed by atoms with Crippen molar-refractivity contribution in [2.45, 2.75) is 19.4 Å². The largest absolute Gasteiger partial charge is 0.381 e. The molecule has 0 aromatic carbocycles. The molecule has 0 N–H and O–H groups in total. The first kappa shape index (κ1) is 17.1. The predicted octanol–water partition coefficient (Wildman–Crippen LogP) is 1.11. The van der Waals surface area contributed by atoms with Crippen LogP contribution < -0.4 is 0 Å². The fourth-order valence-corrected chi connectivity index (χ4v) is 4.71. The molecule has 6 nitrogen and oxygen atoms in total. The lowest BCUT2D eigenvalue weighted by Crippen LogP contribution is -2.49. The molecule has 0 saturated carbocycles. The molecule has 3 fully saturated rings. The first-order valence-corrected chi connectivity index (χ1v) is 9.45. The molecular weight excluding hydrogens is 318 g/mol. The second-order valence-electron chi connectivity index (χ2n) is 7.75. The van der Waals surface area contributed by atoms with Crippen molar-refractivity contribution in [3.63, 3.8) is 0 Å². The SMILES string of the molecule is Cn1cccc1CN1C[C@H](C(=O)N2CCOCC2)C2(CCOCC2)C1. The van der Waals surface area contributed by atoms with Gasteiger partial charge < -0.3 is 18.9 Å². The van der Waals surface area contributed by atoms with Gasteiger partial charge in [0.25, 0.3) is 0 Å². The predicted molar refractivity (Wildman–Crippen MR) is 94.1 cm³/mol. The lowest BCUT2D eigenvalue weighted by molar-refractivity contribution is -0.144. The average Bonchev–Trinajstić information content (AvgIpc) is 3.20. The fraction of sp³-hybridized carbons (Fsp3) is 0.737. The average molecular weight is 347 g/mol. The number of hydrogen-bond acceptors (Lipinski definition) is 4. The van der Waals surface area contributed by atoms with Crippen molar-refractivity contribution >= 4 is 5.91 Å². The quantitative estimate of drug-likeness (QED) is 0.822. The number of amides is 1. The van der Waals surface area contributed by atoms with E-state index >= 15 is 0 Å². The Morgan fingerprint density at radius 2 is 1.92 bits per heavy atom.